The number of hydrogen-bond donors (Lipinski definition) is 1. The van der Waals surface area contributed by atoms with Crippen molar-refractivity contribution in [2.75, 3.05) is 0 Å². The van der Waals surface area contributed by atoms with Gasteiger partial charge >= 0.3 is 18.2 Å². The summed E-state index contributed by atoms with van der Waals surface area (Å²) in [5, 5.41) is 2.90. The maximum atomic E-state index is 14.0. The Hall–Kier alpha value is -3.22. The lowest BCUT2D eigenvalue weighted by atomic mass is 9.91. The lowest BCUT2D eigenvalue weighted by Gasteiger charge is -2.42. The number of carbonyl (C=O) groups excluding carboxylic acids is 5. The molecule has 4 amide bonds. The standard InChI is InChI=1S/C33H32Cl5N3O8/c1-17(42)47-25-21(34)14-19(15-22(25)35)27(43)39-23(18-8-6-5-7-9-18)16-20-10-12-32(41(20)28(44)33(36,37)38)13-11-24-26(32)48-29(45)40(24)30(46)49-31(2,3)4/h5-9,11,13-15,20,23-24,26H,10,12,16H2,1-4H3,(H,39,43)/t20-,23+,24+,26+,32+/m1/s1. The van der Waals surface area contributed by atoms with Crippen LogP contribution < -0.4 is 10.1 Å². The summed E-state index contributed by atoms with van der Waals surface area (Å²) in [5.41, 5.74) is -1.37. The van der Waals surface area contributed by atoms with Crippen LogP contribution in [0.3, 0.4) is 0 Å². The molecule has 5 atom stereocenters. The molecular formula is C33H32Cl5N3O8. The van der Waals surface area contributed by atoms with Gasteiger partial charge in [0.1, 0.15) is 17.2 Å². The molecule has 1 aliphatic carbocycles. The number of benzene rings is 2. The van der Waals surface area contributed by atoms with E-state index in [0.29, 0.717) is 12.0 Å². The molecule has 2 aliphatic heterocycles. The molecule has 3 aliphatic rings. The molecule has 49 heavy (non-hydrogen) atoms. The van der Waals surface area contributed by atoms with Crippen molar-refractivity contribution in [1.29, 1.82) is 0 Å². The number of imide groups is 1. The Morgan fingerprint density at radius 2 is 1.69 bits per heavy atom. The molecule has 2 aromatic rings. The number of nitrogens with zero attached hydrogens (tertiary/aromatic N) is 2. The first kappa shape index (κ1) is 37.0. The molecular weight excluding hydrogens is 744 g/mol. The number of alkyl halides is 3. The van der Waals surface area contributed by atoms with E-state index in [2.05, 4.69) is 5.32 Å². The Morgan fingerprint density at radius 1 is 1.06 bits per heavy atom. The van der Waals surface area contributed by atoms with Crippen molar-refractivity contribution < 1.29 is 38.2 Å². The minimum atomic E-state index is -2.39. The van der Waals surface area contributed by atoms with Gasteiger partial charge in [0.25, 0.3) is 15.6 Å². The summed E-state index contributed by atoms with van der Waals surface area (Å²) in [4.78, 5) is 67.4. The number of ether oxygens (including phenoxy) is 3. The van der Waals surface area contributed by atoms with Crippen LogP contribution >= 0.6 is 58.0 Å². The molecule has 0 bridgehead atoms. The van der Waals surface area contributed by atoms with Gasteiger partial charge in [0, 0.05) is 18.5 Å². The average molecular weight is 776 g/mol. The van der Waals surface area contributed by atoms with E-state index in [4.69, 9.17) is 72.2 Å². The SMILES string of the molecule is CC(=O)Oc1c(Cl)cc(C(=O)N[C@@H](C[C@H]2CC[C@@]3(C=C[C@H]4[C@@H]3OC(=O)N4C(=O)OC(C)(C)C)N2C(=O)C(Cl)(Cl)Cl)c2ccccc2)cc1Cl. The fourth-order valence-corrected chi connectivity index (χ4v) is 7.34. The van der Waals surface area contributed by atoms with Crippen molar-refractivity contribution in [1.82, 2.24) is 15.1 Å². The third-order valence-corrected chi connectivity index (χ3v) is 9.42. The summed E-state index contributed by atoms with van der Waals surface area (Å²) in [6.45, 7) is 6.20. The summed E-state index contributed by atoms with van der Waals surface area (Å²) < 4.78 is 13.9. The molecule has 262 valence electrons. The molecule has 2 saturated heterocycles. The van der Waals surface area contributed by atoms with Gasteiger partial charge in [-0.15, -0.1) is 0 Å². The van der Waals surface area contributed by atoms with Gasteiger partial charge in [-0.25, -0.2) is 14.5 Å². The number of nitrogens with one attached hydrogen (secondary N) is 1. The second kappa shape index (κ2) is 13.8. The van der Waals surface area contributed by atoms with Crippen LogP contribution in [0.25, 0.3) is 0 Å². The fraction of sp³-hybridized carbons (Fsp3) is 0.424. The highest BCUT2D eigenvalue weighted by Gasteiger charge is 2.65. The average Bonchev–Trinajstić information content (AvgIpc) is 3.64. The lowest BCUT2D eigenvalue weighted by Crippen LogP contribution is -2.60. The van der Waals surface area contributed by atoms with Gasteiger partial charge in [0.05, 0.1) is 16.1 Å². The van der Waals surface area contributed by atoms with Gasteiger partial charge in [-0.1, -0.05) is 100 Å². The maximum Gasteiger partial charge on any atom is 0.420 e. The molecule has 0 radical (unpaired) electrons. The van der Waals surface area contributed by atoms with Crippen molar-refractivity contribution in [3.8, 4) is 5.75 Å². The van der Waals surface area contributed by atoms with E-state index in [9.17, 15) is 24.0 Å². The van der Waals surface area contributed by atoms with Gasteiger partial charge in [-0.05, 0) is 57.7 Å². The number of likely N-dealkylation sites (tertiary alicyclic amines) is 1. The Bertz CT molecular complexity index is 1690. The Balaban J connectivity index is 1.46. The smallest absolute Gasteiger partial charge is 0.420 e. The van der Waals surface area contributed by atoms with Crippen molar-refractivity contribution in [2.45, 2.75) is 86.1 Å². The molecule has 2 aromatic carbocycles. The van der Waals surface area contributed by atoms with Crippen LogP contribution in [0.4, 0.5) is 9.59 Å². The first-order chi connectivity index (χ1) is 22.8. The van der Waals surface area contributed by atoms with Gasteiger partial charge < -0.3 is 24.4 Å². The normalized spacial score (nSPS) is 23.7. The monoisotopic (exact) mass is 773 g/mol. The number of fused-ring (bicyclic) bond motifs is 2. The molecule has 16 heteroatoms. The highest BCUT2D eigenvalue weighted by atomic mass is 35.6. The van der Waals surface area contributed by atoms with Gasteiger partial charge in [0.2, 0.25) is 0 Å². The summed E-state index contributed by atoms with van der Waals surface area (Å²) in [7, 11) is 0. The van der Waals surface area contributed by atoms with Crippen LogP contribution in [-0.2, 0) is 19.1 Å². The number of hydrogen-bond acceptors (Lipinski definition) is 8. The Kier molecular flexibility index (Phi) is 10.5. The second-order valence-electron chi connectivity index (χ2n) is 12.9. The molecule has 11 nitrogen and oxygen atoms in total. The molecule has 5 rings (SSSR count). The first-order valence-electron chi connectivity index (χ1n) is 15.2. The van der Waals surface area contributed by atoms with Crippen LogP contribution in [0.5, 0.6) is 5.75 Å². The Labute approximate surface area is 307 Å². The largest absolute Gasteiger partial charge is 0.443 e. The minimum absolute atomic E-state index is 0.0459. The quantitative estimate of drug-likeness (QED) is 0.138. The highest BCUT2D eigenvalue weighted by molar-refractivity contribution is 6.76. The number of halogens is 5. The zero-order chi connectivity index (χ0) is 36.1. The zero-order valence-electron chi connectivity index (χ0n) is 26.7. The fourth-order valence-electron chi connectivity index (χ4n) is 6.50. The maximum absolute atomic E-state index is 14.0. The third kappa shape index (κ3) is 7.61. The second-order valence-corrected chi connectivity index (χ2v) is 16.0. The topological polar surface area (TPSA) is 132 Å². The predicted octanol–water partition coefficient (Wildman–Crippen LogP) is 7.57. The summed E-state index contributed by atoms with van der Waals surface area (Å²) in [6, 6.07) is 9.43. The first-order valence-corrected chi connectivity index (χ1v) is 17.1. The lowest BCUT2D eigenvalue weighted by molar-refractivity contribution is -0.138. The molecule has 2 fully saturated rings. The van der Waals surface area contributed by atoms with Gasteiger partial charge in [0.15, 0.2) is 11.9 Å². The summed E-state index contributed by atoms with van der Waals surface area (Å²) >= 11 is 31.2. The van der Waals surface area contributed by atoms with Crippen LogP contribution in [0.15, 0.2) is 54.6 Å². The van der Waals surface area contributed by atoms with E-state index in [1.54, 1.807) is 45.1 Å². The van der Waals surface area contributed by atoms with Crippen LogP contribution in [0, 0.1) is 0 Å². The van der Waals surface area contributed by atoms with E-state index in [1.165, 1.54) is 24.0 Å². The van der Waals surface area contributed by atoms with Crippen molar-refractivity contribution in [2.24, 2.45) is 0 Å². The van der Waals surface area contributed by atoms with E-state index in [1.807, 2.05) is 18.2 Å². The molecule has 2 heterocycles. The third-order valence-electron chi connectivity index (χ3n) is 8.37. The van der Waals surface area contributed by atoms with E-state index < -0.39 is 69.1 Å². The van der Waals surface area contributed by atoms with E-state index >= 15 is 0 Å². The number of rotatable bonds is 6. The summed E-state index contributed by atoms with van der Waals surface area (Å²) in [5.74, 6) is -2.14. The minimum Gasteiger partial charge on any atom is -0.443 e. The van der Waals surface area contributed by atoms with Crippen LogP contribution in [-0.4, -0.2) is 72.9 Å². The molecule has 1 N–H and O–H groups in total. The van der Waals surface area contributed by atoms with Gasteiger partial charge in [-0.2, -0.15) is 0 Å². The molecule has 0 saturated carbocycles. The highest BCUT2D eigenvalue weighted by Crippen LogP contribution is 2.51. The van der Waals surface area contributed by atoms with Crippen molar-refractivity contribution in [3.05, 3.63) is 75.8 Å². The van der Waals surface area contributed by atoms with Crippen molar-refractivity contribution >= 4 is 88.0 Å². The summed E-state index contributed by atoms with van der Waals surface area (Å²) in [6.07, 6.45) is 1.27. The number of esters is 1. The van der Waals surface area contributed by atoms with E-state index in [-0.39, 0.29) is 34.2 Å². The predicted molar refractivity (Wildman–Crippen MR) is 183 cm³/mol. The molecule has 0 aromatic heterocycles. The molecule has 1 spiro atoms. The number of amides is 4. The zero-order valence-corrected chi connectivity index (χ0v) is 30.5. The van der Waals surface area contributed by atoms with E-state index in [0.717, 1.165) is 4.90 Å². The van der Waals surface area contributed by atoms with Gasteiger partial charge in [-0.3, -0.25) is 14.4 Å². The number of carbonyl (C=O) groups is 5. The van der Waals surface area contributed by atoms with Crippen LogP contribution in [0.1, 0.15) is 68.9 Å². The Morgan fingerprint density at radius 3 is 2.27 bits per heavy atom. The van der Waals surface area contributed by atoms with Crippen molar-refractivity contribution in [3.63, 3.8) is 0 Å². The molecule has 0 unspecified atom stereocenters. The van der Waals surface area contributed by atoms with Crippen LogP contribution in [0.2, 0.25) is 10.0 Å².